The van der Waals surface area contributed by atoms with E-state index in [2.05, 4.69) is 17.6 Å². The first-order valence-electron chi connectivity index (χ1n) is 4.53. The number of aliphatic hydroxyl groups excluding tert-OH is 1. The molecule has 0 aromatic rings. The second-order valence-electron chi connectivity index (χ2n) is 3.03. The Labute approximate surface area is 78.8 Å². The summed E-state index contributed by atoms with van der Waals surface area (Å²) in [7, 11) is 0. The highest BCUT2D eigenvalue weighted by Gasteiger charge is 2.24. The molecule has 4 heteroatoms. The molecule has 0 spiro atoms. The highest BCUT2D eigenvalue weighted by atomic mass is 16.3. The zero-order valence-electron chi connectivity index (χ0n) is 8.12. The number of aliphatic hydroxyl groups is 1. The summed E-state index contributed by atoms with van der Waals surface area (Å²) in [6.45, 7) is 5.84. The van der Waals surface area contributed by atoms with Crippen molar-refractivity contribution in [3.8, 4) is 0 Å². The summed E-state index contributed by atoms with van der Waals surface area (Å²) in [5, 5.41) is 12.0. The summed E-state index contributed by atoms with van der Waals surface area (Å²) in [6, 6.07) is -0.227. The normalized spacial score (nSPS) is 14.7. The third-order valence-electron chi connectivity index (χ3n) is 1.80. The number of rotatable bonds is 6. The van der Waals surface area contributed by atoms with Gasteiger partial charge < -0.3 is 16.2 Å². The van der Waals surface area contributed by atoms with Crippen LogP contribution in [0.3, 0.4) is 0 Å². The van der Waals surface area contributed by atoms with Crippen LogP contribution in [0.5, 0.6) is 0 Å². The number of amides is 1. The van der Waals surface area contributed by atoms with Gasteiger partial charge in [0.15, 0.2) is 6.10 Å². The summed E-state index contributed by atoms with van der Waals surface area (Å²) in [5.74, 6) is -0.367. The van der Waals surface area contributed by atoms with Gasteiger partial charge in [0.1, 0.15) is 6.04 Å². The lowest BCUT2D eigenvalue weighted by molar-refractivity contribution is -0.434. The number of nitrogens with one attached hydrogen (secondary N) is 1. The van der Waals surface area contributed by atoms with E-state index in [-0.39, 0.29) is 11.9 Å². The Kier molecular flexibility index (Phi) is 6.18. The van der Waals surface area contributed by atoms with Gasteiger partial charge in [-0.05, 0) is 0 Å². The van der Waals surface area contributed by atoms with Crippen LogP contribution in [-0.2, 0) is 4.79 Å². The fraction of sp³-hybridized carbons (Fsp3) is 0.667. The first kappa shape index (κ1) is 12.1. The second-order valence-corrected chi connectivity index (χ2v) is 3.03. The van der Waals surface area contributed by atoms with Crippen molar-refractivity contribution in [3.63, 3.8) is 0 Å². The molecular formula is C9H19N2O2+. The lowest BCUT2D eigenvalue weighted by Crippen LogP contribution is -2.68. The zero-order chi connectivity index (χ0) is 10.3. The molecule has 0 radical (unpaired) electrons. The van der Waals surface area contributed by atoms with E-state index in [1.807, 2.05) is 6.92 Å². The van der Waals surface area contributed by atoms with Gasteiger partial charge in [0.2, 0.25) is 0 Å². The average molecular weight is 187 g/mol. The third kappa shape index (κ3) is 4.65. The van der Waals surface area contributed by atoms with Gasteiger partial charge in [-0.1, -0.05) is 19.4 Å². The summed E-state index contributed by atoms with van der Waals surface area (Å²) in [6.07, 6.45) is 2.24. The number of quaternary nitrogens is 1. The molecule has 0 aliphatic heterocycles. The molecule has 13 heavy (non-hydrogen) atoms. The van der Waals surface area contributed by atoms with Crippen molar-refractivity contribution in [2.75, 3.05) is 6.54 Å². The molecule has 0 aromatic carbocycles. The van der Waals surface area contributed by atoms with Gasteiger partial charge >= 0.3 is 0 Å². The highest BCUT2D eigenvalue weighted by Crippen LogP contribution is 1.97. The van der Waals surface area contributed by atoms with Crippen molar-refractivity contribution in [1.82, 2.24) is 5.32 Å². The molecule has 4 nitrogen and oxygen atoms in total. The molecule has 0 rings (SSSR count). The first-order valence-corrected chi connectivity index (χ1v) is 4.53. The molecule has 0 saturated heterocycles. The van der Waals surface area contributed by atoms with E-state index in [1.165, 1.54) is 0 Å². The van der Waals surface area contributed by atoms with Crippen LogP contribution in [0, 0.1) is 0 Å². The molecule has 0 bridgehead atoms. The molecule has 0 aliphatic rings. The number of hydrogen-bond acceptors (Lipinski definition) is 2. The molecule has 0 saturated carbocycles. The van der Waals surface area contributed by atoms with Gasteiger partial charge in [-0.2, -0.15) is 0 Å². The molecule has 0 aromatic heterocycles. The van der Waals surface area contributed by atoms with Gasteiger partial charge in [-0.25, -0.2) is 0 Å². The summed E-state index contributed by atoms with van der Waals surface area (Å²) in [4.78, 5) is 11.2. The molecule has 0 fully saturated rings. The van der Waals surface area contributed by atoms with Crippen LogP contribution in [0.25, 0.3) is 0 Å². The summed E-state index contributed by atoms with van der Waals surface area (Å²) >= 11 is 0. The Morgan fingerprint density at radius 2 is 2.38 bits per heavy atom. The molecule has 0 heterocycles. The van der Waals surface area contributed by atoms with Crippen molar-refractivity contribution >= 4 is 5.91 Å². The second kappa shape index (κ2) is 6.62. The van der Waals surface area contributed by atoms with Gasteiger partial charge in [0, 0.05) is 13.0 Å². The SMILES string of the molecule is C=CCNC(=O)[C@@H](O)[C@@H]([NH3+])CCC. The van der Waals surface area contributed by atoms with Crippen molar-refractivity contribution in [2.45, 2.75) is 31.9 Å². The van der Waals surface area contributed by atoms with Crippen molar-refractivity contribution in [2.24, 2.45) is 0 Å². The largest absolute Gasteiger partial charge is 0.378 e. The topological polar surface area (TPSA) is 77.0 Å². The van der Waals surface area contributed by atoms with Crippen molar-refractivity contribution in [1.29, 1.82) is 0 Å². The maximum atomic E-state index is 11.2. The van der Waals surface area contributed by atoms with Crippen LogP contribution in [0.1, 0.15) is 19.8 Å². The Hall–Kier alpha value is -0.870. The Morgan fingerprint density at radius 3 is 2.85 bits per heavy atom. The van der Waals surface area contributed by atoms with E-state index in [4.69, 9.17) is 0 Å². The van der Waals surface area contributed by atoms with Crippen LogP contribution in [0.4, 0.5) is 0 Å². The Morgan fingerprint density at radius 1 is 1.77 bits per heavy atom. The fourth-order valence-electron chi connectivity index (χ4n) is 1.02. The molecule has 2 atom stereocenters. The highest BCUT2D eigenvalue weighted by molar-refractivity contribution is 5.81. The van der Waals surface area contributed by atoms with E-state index < -0.39 is 6.10 Å². The molecule has 1 amide bonds. The number of carbonyl (C=O) groups is 1. The minimum atomic E-state index is -1.00. The fourth-order valence-corrected chi connectivity index (χ4v) is 1.02. The van der Waals surface area contributed by atoms with E-state index in [0.29, 0.717) is 6.54 Å². The Balaban J connectivity index is 3.85. The molecule has 76 valence electrons. The summed E-state index contributed by atoms with van der Waals surface area (Å²) in [5.41, 5.74) is 3.72. The molecule has 0 unspecified atom stereocenters. The van der Waals surface area contributed by atoms with Gasteiger partial charge in [0.25, 0.3) is 5.91 Å². The molecule has 5 N–H and O–H groups in total. The van der Waals surface area contributed by atoms with Gasteiger partial charge in [0.05, 0.1) is 0 Å². The van der Waals surface area contributed by atoms with E-state index >= 15 is 0 Å². The average Bonchev–Trinajstić information content (AvgIpc) is 2.13. The minimum Gasteiger partial charge on any atom is -0.378 e. The zero-order valence-corrected chi connectivity index (χ0v) is 8.12. The van der Waals surface area contributed by atoms with E-state index in [9.17, 15) is 9.90 Å². The number of hydrogen-bond donors (Lipinski definition) is 3. The van der Waals surface area contributed by atoms with Crippen LogP contribution in [0.15, 0.2) is 12.7 Å². The number of carbonyl (C=O) groups excluding carboxylic acids is 1. The lowest BCUT2D eigenvalue weighted by Gasteiger charge is -2.14. The van der Waals surface area contributed by atoms with Gasteiger partial charge in [-0.15, -0.1) is 6.58 Å². The third-order valence-corrected chi connectivity index (χ3v) is 1.80. The minimum absolute atomic E-state index is 0.227. The van der Waals surface area contributed by atoms with Crippen molar-refractivity contribution in [3.05, 3.63) is 12.7 Å². The maximum absolute atomic E-state index is 11.2. The molecule has 0 aliphatic carbocycles. The standard InChI is InChI=1S/C9H18N2O2/c1-3-5-7(10)8(12)9(13)11-6-4-2/h4,7-8,12H,2-3,5-6,10H2,1H3,(H,11,13)/p+1/t7-,8-/m0/s1. The lowest BCUT2D eigenvalue weighted by atomic mass is 10.1. The van der Waals surface area contributed by atoms with Crippen LogP contribution in [-0.4, -0.2) is 29.7 Å². The van der Waals surface area contributed by atoms with Crippen LogP contribution < -0.4 is 11.1 Å². The predicted molar refractivity (Wildman–Crippen MR) is 50.8 cm³/mol. The van der Waals surface area contributed by atoms with E-state index in [0.717, 1.165) is 12.8 Å². The van der Waals surface area contributed by atoms with Gasteiger partial charge in [-0.3, -0.25) is 4.79 Å². The maximum Gasteiger partial charge on any atom is 0.255 e. The first-order chi connectivity index (χ1) is 6.13. The van der Waals surface area contributed by atoms with Crippen LogP contribution >= 0.6 is 0 Å². The van der Waals surface area contributed by atoms with Crippen molar-refractivity contribution < 1.29 is 15.6 Å². The van der Waals surface area contributed by atoms with E-state index in [1.54, 1.807) is 6.08 Å². The Bertz CT molecular complexity index is 171. The van der Waals surface area contributed by atoms with Crippen LogP contribution in [0.2, 0.25) is 0 Å². The quantitative estimate of drug-likeness (QED) is 0.469. The predicted octanol–water partition coefficient (Wildman–Crippen LogP) is -0.940. The monoisotopic (exact) mass is 187 g/mol. The smallest absolute Gasteiger partial charge is 0.255 e. The molecular weight excluding hydrogens is 168 g/mol. The summed E-state index contributed by atoms with van der Waals surface area (Å²) < 4.78 is 0.